The van der Waals surface area contributed by atoms with Crippen molar-refractivity contribution in [1.29, 1.82) is 0 Å². The van der Waals surface area contributed by atoms with E-state index in [1.807, 2.05) is 43.0 Å². The number of amides is 1. The molecule has 0 aliphatic carbocycles. The number of ether oxygens (including phenoxy) is 5. The molecule has 0 spiro atoms. The van der Waals surface area contributed by atoms with Gasteiger partial charge in [0.1, 0.15) is 12.4 Å². The van der Waals surface area contributed by atoms with Gasteiger partial charge >= 0.3 is 0 Å². The van der Waals surface area contributed by atoms with Gasteiger partial charge in [0.05, 0.1) is 34.5 Å². The number of carbonyl (C=O) groups excluding carboxylic acids is 1. The van der Waals surface area contributed by atoms with Gasteiger partial charge in [0.25, 0.3) is 5.91 Å². The summed E-state index contributed by atoms with van der Waals surface area (Å²) in [7, 11) is 6.37. The summed E-state index contributed by atoms with van der Waals surface area (Å²) >= 11 is 0. The molecule has 36 heavy (non-hydrogen) atoms. The molecular weight excluding hydrogens is 458 g/mol. The fourth-order valence-electron chi connectivity index (χ4n) is 4.78. The van der Waals surface area contributed by atoms with Gasteiger partial charge in [-0.25, -0.2) is 0 Å². The zero-order valence-corrected chi connectivity index (χ0v) is 21.7. The summed E-state index contributed by atoms with van der Waals surface area (Å²) in [5, 5.41) is 0. The minimum atomic E-state index is -0.324. The van der Waals surface area contributed by atoms with E-state index in [2.05, 4.69) is 6.07 Å². The maximum absolute atomic E-state index is 13.8. The minimum Gasteiger partial charge on any atom is -0.493 e. The predicted octanol–water partition coefficient (Wildman–Crippen LogP) is 5.16. The summed E-state index contributed by atoms with van der Waals surface area (Å²) in [5.74, 6) is 3.04. The van der Waals surface area contributed by atoms with Crippen LogP contribution in [0.3, 0.4) is 0 Å². The Balaban J connectivity index is 1.72. The van der Waals surface area contributed by atoms with E-state index in [1.54, 1.807) is 46.6 Å². The van der Waals surface area contributed by atoms with Crippen molar-refractivity contribution in [3.63, 3.8) is 0 Å². The van der Waals surface area contributed by atoms with Crippen LogP contribution in [-0.4, -0.2) is 52.4 Å². The SMILES string of the molecule is COc1ccc(C(=O)N2CCc3cc(OC)c(OC)cc3[C@H]2COc2cc(C)cc(C)c2)cc1OC. The molecule has 0 fully saturated rings. The normalized spacial score (nSPS) is 14.6. The molecule has 4 rings (SSSR count). The van der Waals surface area contributed by atoms with E-state index in [0.29, 0.717) is 48.1 Å². The number of hydrogen-bond acceptors (Lipinski definition) is 6. The lowest BCUT2D eigenvalue weighted by Gasteiger charge is -2.37. The van der Waals surface area contributed by atoms with Gasteiger partial charge in [-0.2, -0.15) is 0 Å². The second-order valence-electron chi connectivity index (χ2n) is 8.87. The number of hydrogen-bond donors (Lipinski definition) is 0. The Morgan fingerprint density at radius 1 is 0.806 bits per heavy atom. The van der Waals surface area contributed by atoms with Crippen LogP contribution in [0.15, 0.2) is 48.5 Å². The highest BCUT2D eigenvalue weighted by Crippen LogP contribution is 2.39. The Bertz CT molecular complexity index is 1230. The molecule has 1 aliphatic heterocycles. The highest BCUT2D eigenvalue weighted by molar-refractivity contribution is 5.95. The van der Waals surface area contributed by atoms with Crippen LogP contribution in [0.4, 0.5) is 0 Å². The highest BCUT2D eigenvalue weighted by atomic mass is 16.5. The molecule has 3 aromatic rings. The number of benzene rings is 3. The number of fused-ring (bicyclic) bond motifs is 1. The van der Waals surface area contributed by atoms with Crippen molar-refractivity contribution in [1.82, 2.24) is 4.90 Å². The number of nitrogens with zero attached hydrogens (tertiary/aromatic N) is 1. The zero-order valence-electron chi connectivity index (χ0n) is 21.7. The first kappa shape index (κ1) is 25.2. The van der Waals surface area contributed by atoms with Gasteiger partial charge in [0, 0.05) is 12.1 Å². The third-order valence-electron chi connectivity index (χ3n) is 6.50. The van der Waals surface area contributed by atoms with E-state index < -0.39 is 0 Å². The molecule has 0 saturated heterocycles. The second-order valence-corrected chi connectivity index (χ2v) is 8.87. The third kappa shape index (κ3) is 5.05. The number of carbonyl (C=O) groups is 1. The lowest BCUT2D eigenvalue weighted by atomic mass is 9.91. The van der Waals surface area contributed by atoms with Crippen LogP contribution in [0.1, 0.15) is 38.7 Å². The summed E-state index contributed by atoms with van der Waals surface area (Å²) in [6.07, 6.45) is 0.689. The van der Waals surface area contributed by atoms with Crippen molar-refractivity contribution in [2.45, 2.75) is 26.3 Å². The standard InChI is InChI=1S/C29H33NO6/c1-18-11-19(2)13-22(12-18)36-17-24-23-16-28(35-6)27(34-5)14-20(23)9-10-30(24)29(31)21-7-8-25(32-3)26(15-21)33-4/h7-8,11-16,24H,9-10,17H2,1-6H3/t24-/m1/s1. The van der Waals surface area contributed by atoms with Crippen molar-refractivity contribution in [3.8, 4) is 28.7 Å². The van der Waals surface area contributed by atoms with Gasteiger partial charge in [-0.1, -0.05) is 6.07 Å². The lowest BCUT2D eigenvalue weighted by molar-refractivity contribution is 0.0588. The third-order valence-corrected chi connectivity index (χ3v) is 6.50. The maximum Gasteiger partial charge on any atom is 0.254 e. The molecule has 1 amide bonds. The van der Waals surface area contributed by atoms with E-state index in [1.165, 1.54) is 0 Å². The van der Waals surface area contributed by atoms with Crippen molar-refractivity contribution in [2.24, 2.45) is 0 Å². The summed E-state index contributed by atoms with van der Waals surface area (Å²) in [4.78, 5) is 15.7. The summed E-state index contributed by atoms with van der Waals surface area (Å²) in [6, 6.07) is 15.0. The molecule has 3 aromatic carbocycles. The summed E-state index contributed by atoms with van der Waals surface area (Å²) < 4.78 is 28.2. The molecule has 0 N–H and O–H groups in total. The first-order chi connectivity index (χ1) is 17.4. The van der Waals surface area contributed by atoms with Gasteiger partial charge in [-0.15, -0.1) is 0 Å². The van der Waals surface area contributed by atoms with Crippen LogP contribution in [0.2, 0.25) is 0 Å². The molecule has 0 unspecified atom stereocenters. The Morgan fingerprint density at radius 3 is 2.06 bits per heavy atom. The topological polar surface area (TPSA) is 66.5 Å². The number of aryl methyl sites for hydroxylation is 2. The molecule has 0 bridgehead atoms. The van der Waals surface area contributed by atoms with Crippen molar-refractivity contribution < 1.29 is 28.5 Å². The van der Waals surface area contributed by atoms with Crippen molar-refractivity contribution in [3.05, 3.63) is 76.3 Å². The number of methoxy groups -OCH3 is 4. The summed E-state index contributed by atoms with van der Waals surface area (Å²) in [5.41, 5.74) is 4.86. The van der Waals surface area contributed by atoms with Gasteiger partial charge in [-0.3, -0.25) is 4.79 Å². The first-order valence-electron chi connectivity index (χ1n) is 11.9. The monoisotopic (exact) mass is 491 g/mol. The Labute approximate surface area is 212 Å². The number of rotatable bonds is 8. The fourth-order valence-corrected chi connectivity index (χ4v) is 4.78. The van der Waals surface area contributed by atoms with E-state index in [-0.39, 0.29) is 11.9 Å². The van der Waals surface area contributed by atoms with E-state index in [0.717, 1.165) is 28.0 Å². The Morgan fingerprint density at radius 2 is 1.42 bits per heavy atom. The predicted molar refractivity (Wildman–Crippen MR) is 138 cm³/mol. The molecule has 7 nitrogen and oxygen atoms in total. The molecule has 190 valence electrons. The molecule has 0 aromatic heterocycles. The quantitative estimate of drug-likeness (QED) is 0.434. The van der Waals surface area contributed by atoms with Crippen LogP contribution in [0.25, 0.3) is 0 Å². The van der Waals surface area contributed by atoms with Crippen LogP contribution >= 0.6 is 0 Å². The van der Waals surface area contributed by atoms with E-state index in [9.17, 15) is 4.79 Å². The van der Waals surface area contributed by atoms with Crippen molar-refractivity contribution in [2.75, 3.05) is 41.6 Å². The first-order valence-corrected chi connectivity index (χ1v) is 11.9. The Kier molecular flexibility index (Phi) is 7.58. The van der Waals surface area contributed by atoms with E-state index in [4.69, 9.17) is 23.7 Å². The minimum absolute atomic E-state index is 0.106. The highest BCUT2D eigenvalue weighted by Gasteiger charge is 2.33. The van der Waals surface area contributed by atoms with Crippen LogP contribution in [-0.2, 0) is 6.42 Å². The van der Waals surface area contributed by atoms with Gasteiger partial charge in [0.2, 0.25) is 0 Å². The molecule has 1 aliphatic rings. The van der Waals surface area contributed by atoms with Crippen molar-refractivity contribution >= 4 is 5.91 Å². The second kappa shape index (κ2) is 10.8. The fraction of sp³-hybridized carbons (Fsp3) is 0.345. The molecular formula is C29H33NO6. The zero-order chi connectivity index (χ0) is 25.8. The lowest BCUT2D eigenvalue weighted by Crippen LogP contribution is -2.42. The summed E-state index contributed by atoms with van der Waals surface area (Å²) in [6.45, 7) is 4.92. The average Bonchev–Trinajstić information content (AvgIpc) is 2.89. The largest absolute Gasteiger partial charge is 0.493 e. The Hall–Kier alpha value is -3.87. The van der Waals surface area contributed by atoms with Crippen LogP contribution in [0.5, 0.6) is 28.7 Å². The van der Waals surface area contributed by atoms with E-state index >= 15 is 0 Å². The smallest absolute Gasteiger partial charge is 0.254 e. The van der Waals surface area contributed by atoms with Gasteiger partial charge < -0.3 is 28.6 Å². The molecule has 1 atom stereocenters. The average molecular weight is 492 g/mol. The molecule has 0 saturated carbocycles. The van der Waals surface area contributed by atoms with Crippen LogP contribution < -0.4 is 23.7 Å². The molecule has 7 heteroatoms. The molecule has 1 heterocycles. The maximum atomic E-state index is 13.8. The van der Waals surface area contributed by atoms with Gasteiger partial charge in [0.15, 0.2) is 23.0 Å². The molecule has 0 radical (unpaired) electrons. The van der Waals surface area contributed by atoms with Gasteiger partial charge in [-0.05, 0) is 85.0 Å². The van der Waals surface area contributed by atoms with Crippen LogP contribution in [0, 0.1) is 13.8 Å².